The fourth-order valence-corrected chi connectivity index (χ4v) is 2.73. The van der Waals surface area contributed by atoms with E-state index >= 15 is 0 Å². The van der Waals surface area contributed by atoms with Gasteiger partial charge in [0.2, 0.25) is 0 Å². The van der Waals surface area contributed by atoms with Gasteiger partial charge in [0, 0.05) is 11.0 Å². The summed E-state index contributed by atoms with van der Waals surface area (Å²) in [7, 11) is -3.50. The number of rotatable bonds is 5. The minimum absolute atomic E-state index is 0.271. The molecular formula is C11H17BrN2O2S. The normalized spacial score (nSPS) is 11.8. The molecule has 4 nitrogen and oxygen atoms in total. The number of hydrogen-bond donors (Lipinski definition) is 2. The Hall–Kier alpha value is -0.590. The van der Waals surface area contributed by atoms with Crippen molar-refractivity contribution in [1.29, 1.82) is 0 Å². The van der Waals surface area contributed by atoms with E-state index < -0.39 is 10.2 Å². The number of nitrogens with one attached hydrogen (secondary N) is 2. The second-order valence-electron chi connectivity index (χ2n) is 4.33. The zero-order valence-electron chi connectivity index (χ0n) is 10.1. The zero-order valence-corrected chi connectivity index (χ0v) is 12.5. The van der Waals surface area contributed by atoms with Crippen LogP contribution in [0.25, 0.3) is 0 Å². The molecule has 0 bridgehead atoms. The lowest BCUT2D eigenvalue weighted by atomic mass is 10.2. The van der Waals surface area contributed by atoms with E-state index in [0.717, 1.165) is 10.0 Å². The predicted octanol–water partition coefficient (Wildman–Crippen LogP) is 2.66. The van der Waals surface area contributed by atoms with E-state index in [1.165, 1.54) is 0 Å². The molecule has 0 radical (unpaired) electrons. The highest BCUT2D eigenvalue weighted by Gasteiger charge is 2.12. The number of aryl methyl sites for hydroxylation is 1. The first-order valence-corrected chi connectivity index (χ1v) is 7.61. The van der Waals surface area contributed by atoms with E-state index in [0.29, 0.717) is 12.2 Å². The van der Waals surface area contributed by atoms with E-state index in [2.05, 4.69) is 25.4 Å². The van der Waals surface area contributed by atoms with Gasteiger partial charge in [-0.05, 0) is 46.5 Å². The molecule has 0 fully saturated rings. The highest BCUT2D eigenvalue weighted by Crippen LogP contribution is 2.23. The van der Waals surface area contributed by atoms with Crippen molar-refractivity contribution >= 4 is 31.8 Å². The fraction of sp³-hybridized carbons (Fsp3) is 0.455. The van der Waals surface area contributed by atoms with Crippen LogP contribution in [0, 0.1) is 12.8 Å². The van der Waals surface area contributed by atoms with Crippen LogP contribution >= 0.6 is 15.9 Å². The smallest absolute Gasteiger partial charge is 0.270 e. The molecule has 1 aromatic rings. The average Bonchev–Trinajstić information content (AvgIpc) is 2.20. The first-order valence-electron chi connectivity index (χ1n) is 5.34. The molecule has 0 aliphatic carbocycles. The van der Waals surface area contributed by atoms with E-state index in [1.54, 1.807) is 6.07 Å². The van der Waals surface area contributed by atoms with Crippen molar-refractivity contribution in [3.8, 4) is 0 Å². The summed E-state index contributed by atoms with van der Waals surface area (Å²) in [6, 6.07) is 5.50. The van der Waals surface area contributed by atoms with Crippen LogP contribution in [0.3, 0.4) is 0 Å². The Morgan fingerprint density at radius 3 is 2.59 bits per heavy atom. The molecule has 17 heavy (non-hydrogen) atoms. The lowest BCUT2D eigenvalue weighted by Gasteiger charge is -2.12. The first kappa shape index (κ1) is 14.5. The van der Waals surface area contributed by atoms with Crippen LogP contribution in [0.1, 0.15) is 19.4 Å². The monoisotopic (exact) mass is 320 g/mol. The maximum Gasteiger partial charge on any atom is 0.299 e. The fourth-order valence-electron chi connectivity index (χ4n) is 1.17. The number of hydrogen-bond acceptors (Lipinski definition) is 2. The molecule has 0 aliphatic heterocycles. The minimum atomic E-state index is -3.50. The van der Waals surface area contributed by atoms with E-state index in [-0.39, 0.29) is 5.92 Å². The average molecular weight is 321 g/mol. The van der Waals surface area contributed by atoms with Crippen LogP contribution in [0.4, 0.5) is 5.69 Å². The van der Waals surface area contributed by atoms with Gasteiger partial charge in [0.15, 0.2) is 0 Å². The van der Waals surface area contributed by atoms with Gasteiger partial charge in [-0.15, -0.1) is 0 Å². The van der Waals surface area contributed by atoms with Crippen molar-refractivity contribution < 1.29 is 8.42 Å². The molecule has 96 valence electrons. The molecule has 1 rings (SSSR count). The second-order valence-corrected chi connectivity index (χ2v) is 6.69. The highest BCUT2D eigenvalue weighted by molar-refractivity contribution is 9.10. The lowest BCUT2D eigenvalue weighted by molar-refractivity contribution is 0.565. The Morgan fingerprint density at radius 2 is 2.00 bits per heavy atom. The van der Waals surface area contributed by atoms with Crippen LogP contribution in [0.15, 0.2) is 22.7 Å². The van der Waals surface area contributed by atoms with E-state index in [4.69, 9.17) is 0 Å². The van der Waals surface area contributed by atoms with Gasteiger partial charge in [0.05, 0.1) is 5.69 Å². The molecule has 0 saturated heterocycles. The van der Waals surface area contributed by atoms with Gasteiger partial charge < -0.3 is 0 Å². The Labute approximate surface area is 111 Å². The van der Waals surface area contributed by atoms with Gasteiger partial charge >= 0.3 is 0 Å². The summed E-state index contributed by atoms with van der Waals surface area (Å²) < 4.78 is 29.2. The van der Waals surface area contributed by atoms with E-state index in [9.17, 15) is 8.42 Å². The molecule has 0 heterocycles. The van der Waals surface area contributed by atoms with Gasteiger partial charge in [-0.3, -0.25) is 4.72 Å². The van der Waals surface area contributed by atoms with Gasteiger partial charge in [-0.25, -0.2) is 0 Å². The molecule has 1 aromatic carbocycles. The molecule has 0 aromatic heterocycles. The predicted molar refractivity (Wildman–Crippen MR) is 74.3 cm³/mol. The topological polar surface area (TPSA) is 58.2 Å². The summed E-state index contributed by atoms with van der Waals surface area (Å²) >= 11 is 3.31. The maximum absolute atomic E-state index is 11.7. The SMILES string of the molecule is Cc1ccc(Br)c(NS(=O)(=O)NCC(C)C)c1. The van der Waals surface area contributed by atoms with Crippen molar-refractivity contribution in [3.05, 3.63) is 28.2 Å². The Kier molecular flexibility index (Phi) is 4.97. The van der Waals surface area contributed by atoms with Crippen molar-refractivity contribution in [2.45, 2.75) is 20.8 Å². The Bertz CT molecular complexity index is 486. The third-order valence-corrected chi connectivity index (χ3v) is 3.77. The molecule has 2 N–H and O–H groups in total. The van der Waals surface area contributed by atoms with Gasteiger partial charge in [-0.1, -0.05) is 19.9 Å². The third-order valence-electron chi connectivity index (χ3n) is 2.05. The Balaban J connectivity index is 2.79. The minimum Gasteiger partial charge on any atom is -0.270 e. The number of anilines is 1. The molecular weight excluding hydrogens is 304 g/mol. The molecule has 0 amide bonds. The quantitative estimate of drug-likeness (QED) is 0.876. The van der Waals surface area contributed by atoms with Crippen LogP contribution in [-0.2, 0) is 10.2 Å². The summed E-state index contributed by atoms with van der Waals surface area (Å²) in [5, 5.41) is 0. The Morgan fingerprint density at radius 1 is 1.35 bits per heavy atom. The summed E-state index contributed by atoms with van der Waals surface area (Å²) in [6.07, 6.45) is 0. The van der Waals surface area contributed by atoms with Crippen LogP contribution in [0.5, 0.6) is 0 Å². The van der Waals surface area contributed by atoms with Gasteiger partial charge in [-0.2, -0.15) is 13.1 Å². The number of halogens is 1. The standard InChI is InChI=1S/C11H17BrN2O2S/c1-8(2)7-13-17(15,16)14-11-6-9(3)4-5-10(11)12/h4-6,8,13-14H,7H2,1-3H3. The second kappa shape index (κ2) is 5.84. The largest absolute Gasteiger partial charge is 0.299 e. The third kappa shape index (κ3) is 5.06. The molecule has 0 spiro atoms. The summed E-state index contributed by atoms with van der Waals surface area (Å²) in [6.45, 7) is 6.22. The zero-order chi connectivity index (χ0) is 13.1. The lowest BCUT2D eigenvalue weighted by Crippen LogP contribution is -2.33. The molecule has 0 unspecified atom stereocenters. The first-order chi connectivity index (χ1) is 7.80. The summed E-state index contributed by atoms with van der Waals surface area (Å²) in [5.74, 6) is 0.271. The van der Waals surface area contributed by atoms with Crippen molar-refractivity contribution in [3.63, 3.8) is 0 Å². The molecule has 0 aliphatic rings. The van der Waals surface area contributed by atoms with Crippen LogP contribution in [0.2, 0.25) is 0 Å². The molecule has 0 atom stereocenters. The van der Waals surface area contributed by atoms with Gasteiger partial charge in [0.25, 0.3) is 10.2 Å². The van der Waals surface area contributed by atoms with Crippen LogP contribution in [-0.4, -0.2) is 15.0 Å². The van der Waals surface area contributed by atoms with Gasteiger partial charge in [0.1, 0.15) is 0 Å². The highest BCUT2D eigenvalue weighted by atomic mass is 79.9. The van der Waals surface area contributed by atoms with Crippen molar-refractivity contribution in [2.24, 2.45) is 5.92 Å². The summed E-state index contributed by atoms with van der Waals surface area (Å²) in [4.78, 5) is 0. The van der Waals surface area contributed by atoms with Crippen molar-refractivity contribution in [1.82, 2.24) is 4.72 Å². The molecule has 6 heteroatoms. The molecule has 0 saturated carbocycles. The maximum atomic E-state index is 11.7. The van der Waals surface area contributed by atoms with Crippen molar-refractivity contribution in [2.75, 3.05) is 11.3 Å². The summed E-state index contributed by atoms with van der Waals surface area (Å²) in [5.41, 5.74) is 1.54. The number of benzene rings is 1. The van der Waals surface area contributed by atoms with Crippen LogP contribution < -0.4 is 9.44 Å². The van der Waals surface area contributed by atoms with E-state index in [1.807, 2.05) is 32.9 Å².